The van der Waals surface area contributed by atoms with Crippen LogP contribution in [0.2, 0.25) is 0 Å². The van der Waals surface area contributed by atoms with E-state index >= 15 is 0 Å². The average Bonchev–Trinajstić information content (AvgIpc) is 3.18. The van der Waals surface area contributed by atoms with Crippen LogP contribution in [-0.4, -0.2) is 32.3 Å². The van der Waals surface area contributed by atoms with E-state index in [1.165, 1.54) is 0 Å². The molecule has 0 radical (unpaired) electrons. The average molecular weight is 339 g/mol. The van der Waals surface area contributed by atoms with Gasteiger partial charge in [-0.25, -0.2) is 0 Å². The number of aryl methyl sites for hydroxylation is 2. The third-order valence-electron chi connectivity index (χ3n) is 4.75. The molecule has 5 nitrogen and oxygen atoms in total. The van der Waals surface area contributed by atoms with Gasteiger partial charge in [-0.2, -0.15) is 0 Å². The molecule has 0 aromatic heterocycles. The molecule has 2 heterocycles. The SMILES string of the molecule is Cc1ccccc1OCCN1C(=O)C2(OCCO2)c2cccc(C)c21. The molecule has 0 N–H and O–H groups in total. The van der Waals surface area contributed by atoms with Crippen molar-refractivity contribution in [3.05, 3.63) is 59.2 Å². The minimum Gasteiger partial charge on any atom is -0.491 e. The van der Waals surface area contributed by atoms with Crippen molar-refractivity contribution in [2.75, 3.05) is 31.3 Å². The summed E-state index contributed by atoms with van der Waals surface area (Å²) in [6.07, 6.45) is 0. The number of rotatable bonds is 4. The van der Waals surface area contributed by atoms with Gasteiger partial charge in [0, 0.05) is 5.56 Å². The van der Waals surface area contributed by atoms with E-state index in [1.807, 2.05) is 56.3 Å². The Bertz CT molecular complexity index is 811. The van der Waals surface area contributed by atoms with Crippen LogP contribution < -0.4 is 9.64 Å². The maximum absolute atomic E-state index is 13.1. The molecular weight excluding hydrogens is 318 g/mol. The van der Waals surface area contributed by atoms with E-state index in [-0.39, 0.29) is 5.91 Å². The van der Waals surface area contributed by atoms with Crippen molar-refractivity contribution in [3.63, 3.8) is 0 Å². The second-order valence-electron chi connectivity index (χ2n) is 6.36. The van der Waals surface area contributed by atoms with E-state index in [1.54, 1.807) is 4.90 Å². The first kappa shape index (κ1) is 16.1. The summed E-state index contributed by atoms with van der Waals surface area (Å²) in [5.74, 6) is -0.603. The molecule has 2 aromatic rings. The van der Waals surface area contributed by atoms with Crippen molar-refractivity contribution in [1.29, 1.82) is 0 Å². The Kier molecular flexibility index (Phi) is 3.98. The van der Waals surface area contributed by atoms with Crippen LogP contribution >= 0.6 is 0 Å². The summed E-state index contributed by atoms with van der Waals surface area (Å²) in [7, 11) is 0. The zero-order valence-corrected chi connectivity index (χ0v) is 14.5. The summed E-state index contributed by atoms with van der Waals surface area (Å²) < 4.78 is 17.4. The van der Waals surface area contributed by atoms with Crippen LogP contribution in [0, 0.1) is 13.8 Å². The largest absolute Gasteiger partial charge is 0.491 e. The number of ether oxygens (including phenoxy) is 3. The van der Waals surface area contributed by atoms with E-state index in [0.29, 0.717) is 26.4 Å². The fourth-order valence-corrected chi connectivity index (χ4v) is 3.55. The predicted molar refractivity (Wildman–Crippen MR) is 93.8 cm³/mol. The second kappa shape index (κ2) is 6.17. The third-order valence-corrected chi connectivity index (χ3v) is 4.75. The third kappa shape index (κ3) is 2.51. The Morgan fingerprint density at radius 3 is 2.52 bits per heavy atom. The summed E-state index contributed by atoms with van der Waals surface area (Å²) in [6, 6.07) is 13.7. The van der Waals surface area contributed by atoms with Gasteiger partial charge in [0.05, 0.1) is 25.4 Å². The van der Waals surface area contributed by atoms with E-state index in [0.717, 1.165) is 28.1 Å². The summed E-state index contributed by atoms with van der Waals surface area (Å²) in [5, 5.41) is 0. The Hall–Kier alpha value is -2.37. The molecule has 0 atom stereocenters. The lowest BCUT2D eigenvalue weighted by molar-refractivity contribution is -0.180. The van der Waals surface area contributed by atoms with Gasteiger partial charge in [-0.3, -0.25) is 4.79 Å². The molecule has 1 saturated heterocycles. The second-order valence-corrected chi connectivity index (χ2v) is 6.36. The van der Waals surface area contributed by atoms with Gasteiger partial charge in [0.2, 0.25) is 0 Å². The Labute approximate surface area is 147 Å². The van der Waals surface area contributed by atoms with Gasteiger partial charge in [0.1, 0.15) is 12.4 Å². The number of benzene rings is 2. The molecule has 2 aromatic carbocycles. The summed E-state index contributed by atoms with van der Waals surface area (Å²) in [4.78, 5) is 14.8. The highest BCUT2D eigenvalue weighted by molar-refractivity contribution is 6.07. The number of fused-ring (bicyclic) bond motifs is 2. The molecule has 0 saturated carbocycles. The lowest BCUT2D eigenvalue weighted by Gasteiger charge is -2.22. The zero-order valence-electron chi connectivity index (χ0n) is 14.5. The van der Waals surface area contributed by atoms with E-state index in [2.05, 4.69) is 0 Å². The van der Waals surface area contributed by atoms with Gasteiger partial charge in [-0.05, 0) is 31.0 Å². The van der Waals surface area contributed by atoms with Crippen LogP contribution in [0.3, 0.4) is 0 Å². The highest BCUT2D eigenvalue weighted by Crippen LogP contribution is 2.46. The first-order chi connectivity index (χ1) is 12.1. The number of carbonyl (C=O) groups is 1. The highest BCUT2D eigenvalue weighted by atomic mass is 16.7. The molecular formula is C20H21NO4. The minimum absolute atomic E-state index is 0.164. The number of hydrogen-bond acceptors (Lipinski definition) is 4. The van der Waals surface area contributed by atoms with Crippen molar-refractivity contribution in [2.24, 2.45) is 0 Å². The molecule has 130 valence electrons. The van der Waals surface area contributed by atoms with Gasteiger partial charge >= 0.3 is 0 Å². The summed E-state index contributed by atoms with van der Waals surface area (Å²) in [6.45, 7) is 5.69. The standard InChI is InChI=1S/C20H21NO4/c1-14-6-3-4-9-17(14)23-11-10-21-18-15(2)7-5-8-16(18)20(19(21)22)24-12-13-25-20/h3-9H,10-13H2,1-2H3. The Morgan fingerprint density at radius 1 is 1.04 bits per heavy atom. The fourth-order valence-electron chi connectivity index (χ4n) is 3.55. The molecule has 0 aliphatic carbocycles. The predicted octanol–water partition coefficient (Wildman–Crippen LogP) is 2.93. The van der Waals surface area contributed by atoms with Gasteiger partial charge in [0.15, 0.2) is 0 Å². The smallest absolute Gasteiger partial charge is 0.292 e. The molecule has 5 heteroatoms. The topological polar surface area (TPSA) is 48.0 Å². The van der Waals surface area contributed by atoms with Gasteiger partial charge in [-0.15, -0.1) is 0 Å². The molecule has 1 spiro atoms. The molecule has 1 fully saturated rings. The number of para-hydroxylation sites is 2. The van der Waals surface area contributed by atoms with Crippen molar-refractivity contribution in [2.45, 2.75) is 19.6 Å². The normalized spacial score (nSPS) is 18.0. The molecule has 25 heavy (non-hydrogen) atoms. The molecule has 4 rings (SSSR count). The molecule has 2 aliphatic heterocycles. The van der Waals surface area contributed by atoms with Gasteiger partial charge in [-0.1, -0.05) is 36.4 Å². The number of carbonyl (C=O) groups excluding carboxylic acids is 1. The van der Waals surface area contributed by atoms with Crippen LogP contribution in [0.5, 0.6) is 5.75 Å². The van der Waals surface area contributed by atoms with Crippen LogP contribution in [0.15, 0.2) is 42.5 Å². The lowest BCUT2D eigenvalue weighted by Crippen LogP contribution is -2.42. The lowest BCUT2D eigenvalue weighted by atomic mass is 10.0. The summed E-state index contributed by atoms with van der Waals surface area (Å²) in [5.41, 5.74) is 3.78. The first-order valence-electron chi connectivity index (χ1n) is 8.52. The van der Waals surface area contributed by atoms with Gasteiger partial charge in [0.25, 0.3) is 11.7 Å². The fraction of sp³-hybridized carbons (Fsp3) is 0.350. The zero-order chi connectivity index (χ0) is 17.4. The Balaban J connectivity index is 1.58. The molecule has 0 bridgehead atoms. The van der Waals surface area contributed by atoms with E-state index in [9.17, 15) is 4.79 Å². The van der Waals surface area contributed by atoms with Crippen LogP contribution in [-0.2, 0) is 20.1 Å². The Morgan fingerprint density at radius 2 is 1.76 bits per heavy atom. The monoisotopic (exact) mass is 339 g/mol. The maximum atomic E-state index is 13.1. The van der Waals surface area contributed by atoms with Crippen molar-refractivity contribution >= 4 is 11.6 Å². The van der Waals surface area contributed by atoms with Crippen molar-refractivity contribution < 1.29 is 19.0 Å². The molecule has 1 amide bonds. The minimum atomic E-state index is -1.27. The maximum Gasteiger partial charge on any atom is 0.292 e. The van der Waals surface area contributed by atoms with Crippen LogP contribution in [0.1, 0.15) is 16.7 Å². The van der Waals surface area contributed by atoms with E-state index in [4.69, 9.17) is 14.2 Å². The molecule has 0 unspecified atom stereocenters. The van der Waals surface area contributed by atoms with E-state index < -0.39 is 5.79 Å². The first-order valence-corrected chi connectivity index (χ1v) is 8.52. The van der Waals surface area contributed by atoms with Crippen molar-refractivity contribution in [1.82, 2.24) is 0 Å². The number of anilines is 1. The quantitative estimate of drug-likeness (QED) is 0.859. The summed E-state index contributed by atoms with van der Waals surface area (Å²) >= 11 is 0. The highest BCUT2D eigenvalue weighted by Gasteiger charge is 2.56. The number of amides is 1. The van der Waals surface area contributed by atoms with Crippen LogP contribution in [0.25, 0.3) is 0 Å². The van der Waals surface area contributed by atoms with Crippen molar-refractivity contribution in [3.8, 4) is 5.75 Å². The van der Waals surface area contributed by atoms with Gasteiger partial charge < -0.3 is 19.1 Å². The van der Waals surface area contributed by atoms with Crippen LogP contribution in [0.4, 0.5) is 5.69 Å². The number of nitrogens with zero attached hydrogens (tertiary/aromatic N) is 1. The number of hydrogen-bond donors (Lipinski definition) is 0. The molecule has 2 aliphatic rings.